The van der Waals surface area contributed by atoms with E-state index >= 15 is 0 Å². The SMILES string of the molecule is CCC(C)N1C[N+](CC)(CC)CC1C. The van der Waals surface area contributed by atoms with Gasteiger partial charge in [0.15, 0.2) is 0 Å². The molecule has 2 nitrogen and oxygen atoms in total. The molecule has 0 bridgehead atoms. The highest BCUT2D eigenvalue weighted by Crippen LogP contribution is 2.24. The molecule has 14 heavy (non-hydrogen) atoms. The average Bonchev–Trinajstić information content (AvgIpc) is 2.55. The van der Waals surface area contributed by atoms with Crippen LogP contribution in [0.3, 0.4) is 0 Å². The van der Waals surface area contributed by atoms with E-state index in [0.717, 1.165) is 12.1 Å². The van der Waals surface area contributed by atoms with Crippen LogP contribution in [0.2, 0.25) is 0 Å². The number of hydrogen-bond acceptors (Lipinski definition) is 1. The van der Waals surface area contributed by atoms with Crippen LogP contribution in [-0.4, -0.2) is 47.8 Å². The zero-order valence-corrected chi connectivity index (χ0v) is 10.6. The number of hydrogen-bond donors (Lipinski definition) is 0. The highest BCUT2D eigenvalue weighted by atomic mass is 15.5. The average molecular weight is 199 g/mol. The fourth-order valence-electron chi connectivity index (χ4n) is 2.70. The molecule has 0 aromatic rings. The lowest BCUT2D eigenvalue weighted by atomic mass is 10.2. The molecule has 1 aliphatic rings. The normalized spacial score (nSPS) is 29.4. The topological polar surface area (TPSA) is 3.24 Å². The number of likely N-dealkylation sites (N-methyl/N-ethyl adjacent to an activating group) is 1. The standard InChI is InChI=1S/C12H27N2/c1-6-11(4)13-10-14(7-2,8-3)9-12(13)5/h11-12H,6-10H2,1-5H3/q+1. The Hall–Kier alpha value is -0.0800. The van der Waals surface area contributed by atoms with E-state index in [-0.39, 0.29) is 0 Å². The molecule has 0 spiro atoms. The Morgan fingerprint density at radius 2 is 1.86 bits per heavy atom. The fraction of sp³-hybridized carbons (Fsp3) is 1.00. The summed E-state index contributed by atoms with van der Waals surface area (Å²) >= 11 is 0. The molecule has 2 atom stereocenters. The van der Waals surface area contributed by atoms with Crippen LogP contribution in [0.25, 0.3) is 0 Å². The summed E-state index contributed by atoms with van der Waals surface area (Å²) in [5, 5.41) is 0. The molecular formula is C12H27N2+. The minimum Gasteiger partial charge on any atom is -0.310 e. The third-order valence-electron chi connectivity index (χ3n) is 4.18. The van der Waals surface area contributed by atoms with E-state index in [4.69, 9.17) is 0 Å². The van der Waals surface area contributed by atoms with Gasteiger partial charge in [0.2, 0.25) is 0 Å². The van der Waals surface area contributed by atoms with E-state index in [0.29, 0.717) is 0 Å². The first-order valence-corrected chi connectivity index (χ1v) is 6.19. The minimum absolute atomic E-state index is 0.753. The fourth-order valence-corrected chi connectivity index (χ4v) is 2.70. The summed E-state index contributed by atoms with van der Waals surface area (Å²) in [7, 11) is 0. The van der Waals surface area contributed by atoms with Gasteiger partial charge in [-0.3, -0.25) is 0 Å². The molecule has 2 unspecified atom stereocenters. The van der Waals surface area contributed by atoms with Crippen molar-refractivity contribution in [2.75, 3.05) is 26.3 Å². The molecule has 1 rings (SSSR count). The van der Waals surface area contributed by atoms with Gasteiger partial charge in [-0.05, 0) is 34.1 Å². The van der Waals surface area contributed by atoms with E-state index in [1.165, 1.54) is 37.2 Å². The summed E-state index contributed by atoms with van der Waals surface area (Å²) in [4.78, 5) is 2.69. The van der Waals surface area contributed by atoms with Crippen LogP contribution in [0.15, 0.2) is 0 Å². The molecular weight excluding hydrogens is 172 g/mol. The first kappa shape index (κ1) is 12.0. The molecule has 84 valence electrons. The Balaban J connectivity index is 2.67. The smallest absolute Gasteiger partial charge is 0.135 e. The van der Waals surface area contributed by atoms with E-state index in [2.05, 4.69) is 39.5 Å². The first-order chi connectivity index (χ1) is 6.58. The van der Waals surface area contributed by atoms with Crippen LogP contribution in [0.1, 0.15) is 41.0 Å². The van der Waals surface area contributed by atoms with Crippen molar-refractivity contribution in [2.24, 2.45) is 0 Å². The zero-order valence-electron chi connectivity index (χ0n) is 10.6. The van der Waals surface area contributed by atoms with Crippen molar-refractivity contribution < 1.29 is 4.48 Å². The van der Waals surface area contributed by atoms with Crippen molar-refractivity contribution in [1.82, 2.24) is 4.90 Å². The van der Waals surface area contributed by atoms with Crippen molar-refractivity contribution >= 4 is 0 Å². The molecule has 1 fully saturated rings. The van der Waals surface area contributed by atoms with Gasteiger partial charge in [-0.1, -0.05) is 6.92 Å². The lowest BCUT2D eigenvalue weighted by molar-refractivity contribution is -0.918. The van der Waals surface area contributed by atoms with Crippen molar-refractivity contribution in [1.29, 1.82) is 0 Å². The summed E-state index contributed by atoms with van der Waals surface area (Å²) in [5.41, 5.74) is 0. The maximum atomic E-state index is 2.69. The van der Waals surface area contributed by atoms with Gasteiger partial charge in [-0.2, -0.15) is 0 Å². The highest BCUT2D eigenvalue weighted by Gasteiger charge is 2.40. The van der Waals surface area contributed by atoms with Gasteiger partial charge in [0.05, 0.1) is 25.7 Å². The van der Waals surface area contributed by atoms with E-state index < -0.39 is 0 Å². The van der Waals surface area contributed by atoms with E-state index in [9.17, 15) is 0 Å². The summed E-state index contributed by atoms with van der Waals surface area (Å²) in [5.74, 6) is 0. The largest absolute Gasteiger partial charge is 0.310 e. The first-order valence-electron chi connectivity index (χ1n) is 6.19. The molecule has 0 amide bonds. The van der Waals surface area contributed by atoms with Gasteiger partial charge < -0.3 is 4.48 Å². The van der Waals surface area contributed by atoms with Crippen molar-refractivity contribution in [2.45, 2.75) is 53.1 Å². The van der Waals surface area contributed by atoms with Crippen LogP contribution < -0.4 is 0 Å². The third-order valence-corrected chi connectivity index (χ3v) is 4.18. The van der Waals surface area contributed by atoms with E-state index in [1.54, 1.807) is 0 Å². The molecule has 1 saturated heterocycles. The van der Waals surface area contributed by atoms with Crippen molar-refractivity contribution in [3.8, 4) is 0 Å². The Kier molecular flexibility index (Phi) is 3.96. The predicted molar refractivity (Wildman–Crippen MR) is 62.1 cm³/mol. The lowest BCUT2D eigenvalue weighted by Crippen LogP contribution is -2.47. The predicted octanol–water partition coefficient (Wildman–Crippen LogP) is 2.30. The monoisotopic (exact) mass is 199 g/mol. The number of quaternary nitrogens is 1. The molecule has 0 saturated carbocycles. The maximum absolute atomic E-state index is 2.69. The summed E-state index contributed by atoms with van der Waals surface area (Å²) in [6.45, 7) is 16.9. The van der Waals surface area contributed by atoms with Gasteiger partial charge in [0.25, 0.3) is 0 Å². The molecule has 1 heterocycles. The number of rotatable bonds is 4. The molecule has 2 heteroatoms. The van der Waals surface area contributed by atoms with Crippen LogP contribution in [0.4, 0.5) is 0 Å². The third kappa shape index (κ3) is 2.12. The van der Waals surface area contributed by atoms with Gasteiger partial charge in [-0.25, -0.2) is 4.90 Å². The van der Waals surface area contributed by atoms with Gasteiger partial charge in [0.1, 0.15) is 6.67 Å². The minimum atomic E-state index is 0.753. The molecule has 1 aliphatic heterocycles. The Labute approximate surface area is 89.5 Å². The summed E-state index contributed by atoms with van der Waals surface area (Å²) < 4.78 is 1.30. The summed E-state index contributed by atoms with van der Waals surface area (Å²) in [6, 6.07) is 1.52. The molecule has 0 aromatic heterocycles. The quantitative estimate of drug-likeness (QED) is 0.628. The van der Waals surface area contributed by atoms with Gasteiger partial charge >= 0.3 is 0 Å². The molecule has 0 radical (unpaired) electrons. The van der Waals surface area contributed by atoms with Crippen LogP contribution in [-0.2, 0) is 0 Å². The maximum Gasteiger partial charge on any atom is 0.135 e. The van der Waals surface area contributed by atoms with Gasteiger partial charge in [-0.15, -0.1) is 0 Å². The molecule has 0 aliphatic carbocycles. The lowest BCUT2D eigenvalue weighted by Gasteiger charge is -2.32. The molecule has 0 N–H and O–H groups in total. The van der Waals surface area contributed by atoms with Crippen molar-refractivity contribution in [3.63, 3.8) is 0 Å². The van der Waals surface area contributed by atoms with E-state index in [1.807, 2.05) is 0 Å². The van der Waals surface area contributed by atoms with Crippen molar-refractivity contribution in [3.05, 3.63) is 0 Å². The summed E-state index contributed by atoms with van der Waals surface area (Å²) in [6.07, 6.45) is 1.28. The highest BCUT2D eigenvalue weighted by molar-refractivity contribution is 4.75. The zero-order chi connectivity index (χ0) is 10.8. The van der Waals surface area contributed by atoms with Crippen LogP contribution in [0.5, 0.6) is 0 Å². The Bertz CT molecular complexity index is 175. The second kappa shape index (κ2) is 4.63. The Morgan fingerprint density at radius 3 is 2.21 bits per heavy atom. The second-order valence-electron chi connectivity index (χ2n) is 4.92. The second-order valence-corrected chi connectivity index (χ2v) is 4.92. The van der Waals surface area contributed by atoms with Gasteiger partial charge in [0, 0.05) is 6.04 Å². The van der Waals surface area contributed by atoms with Crippen LogP contribution >= 0.6 is 0 Å². The Morgan fingerprint density at radius 1 is 1.29 bits per heavy atom. The number of nitrogens with zero attached hydrogens (tertiary/aromatic N) is 2. The van der Waals surface area contributed by atoms with Crippen LogP contribution in [0, 0.1) is 0 Å². The molecule has 0 aromatic carbocycles.